The van der Waals surface area contributed by atoms with E-state index in [1.54, 1.807) is 0 Å². The molecule has 2 aliphatic rings. The van der Waals surface area contributed by atoms with Gasteiger partial charge in [-0.1, -0.05) is 116 Å². The Morgan fingerprint density at radius 3 is 1.83 bits per heavy atom. The number of likely N-dealkylation sites (tertiary alicyclic amines) is 1. The Hall–Kier alpha value is -5.03. The molecule has 0 aromatic rings. The number of thioether (sulfide) groups is 2. The average molecular weight is 1110 g/mol. The summed E-state index contributed by atoms with van der Waals surface area (Å²) >= 11 is 2.30. The highest BCUT2D eigenvalue weighted by atomic mass is 32.2. The summed E-state index contributed by atoms with van der Waals surface area (Å²) in [5.41, 5.74) is 0. The van der Waals surface area contributed by atoms with Crippen molar-refractivity contribution in [2.75, 3.05) is 57.7 Å². The van der Waals surface area contributed by atoms with Crippen LogP contribution in [0.25, 0.3) is 0 Å². The second kappa shape index (κ2) is 39.3. The van der Waals surface area contributed by atoms with Gasteiger partial charge in [0.15, 0.2) is 11.2 Å². The molecule has 0 aromatic heterocycles. The normalized spacial score (nSPS) is 15.7. The van der Waals surface area contributed by atoms with Crippen LogP contribution in [-0.4, -0.2) is 167 Å². The molecule has 0 radical (unpaired) electrons. The highest BCUT2D eigenvalue weighted by Gasteiger charge is 2.39. The molecule has 1 saturated heterocycles. The fourth-order valence-corrected chi connectivity index (χ4v) is 10.1. The SMILES string of the molecule is CCCCCCCCCCCCCCCC(=O)SC[C@H](NC(=O)CNC(=O)CCCCCN1C(=O)C=CC1=O)C(=O)N[C@@H](CCSC)C(=O)NCC(=O)N[C@@H](CC(C)C)C(=O)N1CCC[C@H]1C(=O)N[C@@H](CO)C(=O)OC. The number of hydrogen-bond acceptors (Lipinski definition) is 15. The smallest absolute Gasteiger partial charge is 0.330 e. The number of amides is 9. The molecule has 0 unspecified atom stereocenters. The van der Waals surface area contributed by atoms with E-state index in [2.05, 4.69) is 43.6 Å². The molecule has 0 spiro atoms. The van der Waals surface area contributed by atoms with E-state index in [4.69, 9.17) is 0 Å². The third-order valence-corrected chi connectivity index (χ3v) is 14.7. The first-order valence-corrected chi connectivity index (χ1v) is 29.7. The monoisotopic (exact) mass is 1110 g/mol. The van der Waals surface area contributed by atoms with E-state index in [0.29, 0.717) is 37.9 Å². The van der Waals surface area contributed by atoms with Gasteiger partial charge in [0, 0.05) is 43.8 Å². The molecular formula is C53H88N8O13S2. The van der Waals surface area contributed by atoms with Crippen molar-refractivity contribution in [3.63, 3.8) is 0 Å². The molecular weight excluding hydrogens is 1020 g/mol. The molecule has 5 atom stereocenters. The first-order valence-electron chi connectivity index (χ1n) is 27.4. The summed E-state index contributed by atoms with van der Waals surface area (Å²) in [5, 5.41) is 24.9. The van der Waals surface area contributed by atoms with Crippen molar-refractivity contribution in [2.45, 2.75) is 192 Å². The van der Waals surface area contributed by atoms with Crippen molar-refractivity contribution in [1.82, 2.24) is 41.7 Å². The van der Waals surface area contributed by atoms with Crippen LogP contribution < -0.4 is 31.9 Å². The molecule has 76 heavy (non-hydrogen) atoms. The molecule has 9 amide bonds. The number of nitrogens with zero attached hydrogens (tertiary/aromatic N) is 2. The summed E-state index contributed by atoms with van der Waals surface area (Å²) in [7, 11) is 1.11. The van der Waals surface area contributed by atoms with Crippen molar-refractivity contribution in [3.05, 3.63) is 12.2 Å². The number of methoxy groups -OCH3 is 1. The van der Waals surface area contributed by atoms with Crippen molar-refractivity contribution < 1.29 is 62.6 Å². The van der Waals surface area contributed by atoms with E-state index in [9.17, 15) is 57.8 Å². The Balaban J connectivity index is 2.04. The molecule has 23 heteroatoms. The van der Waals surface area contributed by atoms with Crippen molar-refractivity contribution in [2.24, 2.45) is 5.92 Å². The number of aliphatic hydroxyl groups is 1. The molecule has 0 bridgehead atoms. The van der Waals surface area contributed by atoms with Crippen LogP contribution in [0.1, 0.15) is 162 Å². The van der Waals surface area contributed by atoms with E-state index in [1.807, 2.05) is 20.1 Å². The first-order chi connectivity index (χ1) is 36.4. The van der Waals surface area contributed by atoms with Crippen LogP contribution >= 0.6 is 23.5 Å². The van der Waals surface area contributed by atoms with Gasteiger partial charge in [-0.15, -0.1) is 0 Å². The van der Waals surface area contributed by atoms with Gasteiger partial charge in [-0.2, -0.15) is 11.8 Å². The highest BCUT2D eigenvalue weighted by Crippen LogP contribution is 2.21. The van der Waals surface area contributed by atoms with Gasteiger partial charge in [0.25, 0.3) is 11.8 Å². The maximum Gasteiger partial charge on any atom is 0.330 e. The molecule has 0 aliphatic carbocycles. The summed E-state index contributed by atoms with van der Waals surface area (Å²) in [6.45, 7) is 4.58. The van der Waals surface area contributed by atoms with Crippen LogP contribution in [0.4, 0.5) is 0 Å². The number of aliphatic hydroxyl groups excluding tert-OH is 1. The number of hydrogen-bond donors (Lipinski definition) is 7. The first kappa shape index (κ1) is 67.1. The van der Waals surface area contributed by atoms with Crippen LogP contribution in [0.3, 0.4) is 0 Å². The average Bonchev–Trinajstić information content (AvgIpc) is 4.02. The fourth-order valence-electron chi connectivity index (χ4n) is 8.71. The zero-order valence-electron chi connectivity index (χ0n) is 45.7. The van der Waals surface area contributed by atoms with E-state index in [-0.39, 0.29) is 73.8 Å². The highest BCUT2D eigenvalue weighted by molar-refractivity contribution is 8.13. The van der Waals surface area contributed by atoms with Gasteiger partial charge in [0.2, 0.25) is 41.4 Å². The van der Waals surface area contributed by atoms with Gasteiger partial charge in [0.1, 0.15) is 24.2 Å². The summed E-state index contributed by atoms with van der Waals surface area (Å²) in [4.78, 5) is 145. The van der Waals surface area contributed by atoms with E-state index < -0.39 is 97.2 Å². The predicted molar refractivity (Wildman–Crippen MR) is 292 cm³/mol. The van der Waals surface area contributed by atoms with Crippen molar-refractivity contribution in [3.8, 4) is 0 Å². The number of carbonyl (C=O) groups excluding carboxylic acids is 11. The lowest BCUT2D eigenvalue weighted by atomic mass is 10.0. The molecule has 0 aromatic carbocycles. The number of rotatable bonds is 41. The Kier molecular flexibility index (Phi) is 34.7. The standard InChI is InChI=1S/C53H88N8O13S2/c1-6-7-8-9-10-11-12-13-14-15-16-17-20-25-48(68)76-36-41(57-44(64)33-54-43(63)24-19-18-21-29-61-46(66)26-27-47(61)67)50(70)58-38(28-31-75-5)49(69)55-34-45(65)56-39(32-37(2)3)52(72)60-30-22-23-42(60)51(71)59-40(35-62)53(73)74-4/h26-27,37-42,62H,6-25,28-36H2,1-5H3,(H,54,63)(H,55,69)(H,56,65)(H,57,64)(H,58,70)(H,59,71)/t38-,39-,40-,41-,42-/m0/s1. The lowest BCUT2D eigenvalue weighted by molar-refractivity contribution is -0.148. The summed E-state index contributed by atoms with van der Waals surface area (Å²) in [6, 6.07) is -5.85. The topological polar surface area (TPSA) is 296 Å². The predicted octanol–water partition coefficient (Wildman–Crippen LogP) is 3.34. The zero-order valence-corrected chi connectivity index (χ0v) is 47.3. The van der Waals surface area contributed by atoms with E-state index >= 15 is 0 Å². The number of imide groups is 1. The summed E-state index contributed by atoms with van der Waals surface area (Å²) in [6.07, 6.45) is 22.2. The Bertz CT molecular complexity index is 1910. The number of ether oxygens (including phenoxy) is 1. The van der Waals surface area contributed by atoms with Crippen LogP contribution in [0.5, 0.6) is 0 Å². The molecule has 2 aliphatic heterocycles. The molecule has 430 valence electrons. The third-order valence-electron chi connectivity index (χ3n) is 13.0. The fraction of sp³-hybridized carbons (Fsp3) is 0.755. The van der Waals surface area contributed by atoms with Gasteiger partial charge in [-0.25, -0.2) is 4.79 Å². The largest absolute Gasteiger partial charge is 0.467 e. The molecule has 0 saturated carbocycles. The Morgan fingerprint density at radius 1 is 0.684 bits per heavy atom. The van der Waals surface area contributed by atoms with Crippen molar-refractivity contribution >= 4 is 87.8 Å². The maximum absolute atomic E-state index is 14.0. The van der Waals surface area contributed by atoms with Crippen LogP contribution in [0.2, 0.25) is 0 Å². The molecule has 2 rings (SSSR count). The summed E-state index contributed by atoms with van der Waals surface area (Å²) in [5.74, 6) is -5.96. The van der Waals surface area contributed by atoms with Crippen LogP contribution in [-0.2, 0) is 57.5 Å². The maximum atomic E-state index is 14.0. The molecule has 21 nitrogen and oxygen atoms in total. The molecule has 7 N–H and O–H groups in total. The second-order valence-electron chi connectivity index (χ2n) is 19.8. The molecule has 1 fully saturated rings. The van der Waals surface area contributed by atoms with Gasteiger partial charge < -0.3 is 46.6 Å². The number of esters is 1. The van der Waals surface area contributed by atoms with Gasteiger partial charge in [0.05, 0.1) is 26.8 Å². The minimum atomic E-state index is -1.33. The van der Waals surface area contributed by atoms with Crippen molar-refractivity contribution in [1.29, 1.82) is 0 Å². The van der Waals surface area contributed by atoms with E-state index in [0.717, 1.165) is 43.0 Å². The third kappa shape index (κ3) is 27.3. The Morgan fingerprint density at radius 2 is 1.25 bits per heavy atom. The Labute approximate surface area is 458 Å². The van der Waals surface area contributed by atoms with Crippen LogP contribution in [0, 0.1) is 5.92 Å². The second-order valence-corrected chi connectivity index (χ2v) is 21.9. The van der Waals surface area contributed by atoms with E-state index in [1.165, 1.54) is 86.6 Å². The number of carbonyl (C=O) groups is 11. The van der Waals surface area contributed by atoms with Gasteiger partial charge in [-0.05, 0) is 62.9 Å². The summed E-state index contributed by atoms with van der Waals surface area (Å²) < 4.78 is 4.63. The zero-order chi connectivity index (χ0) is 56.3. The lowest BCUT2D eigenvalue weighted by Crippen LogP contribution is -2.57. The quantitative estimate of drug-likeness (QED) is 0.0263. The minimum absolute atomic E-state index is 0.0731. The van der Waals surface area contributed by atoms with Crippen LogP contribution in [0.15, 0.2) is 12.2 Å². The van der Waals surface area contributed by atoms with Gasteiger partial charge in [-0.3, -0.25) is 52.8 Å². The number of nitrogens with one attached hydrogen (secondary N) is 6. The number of unbranched alkanes of at least 4 members (excludes halogenated alkanes) is 14. The van der Waals surface area contributed by atoms with Gasteiger partial charge >= 0.3 is 5.97 Å². The molecule has 2 heterocycles. The minimum Gasteiger partial charge on any atom is -0.467 e. The lowest BCUT2D eigenvalue weighted by Gasteiger charge is -2.30.